The van der Waals surface area contributed by atoms with E-state index in [1.807, 2.05) is 0 Å². The monoisotopic (exact) mass is 260 g/mol. The van der Waals surface area contributed by atoms with Crippen LogP contribution in [-0.4, -0.2) is 35.2 Å². The van der Waals surface area contributed by atoms with Crippen molar-refractivity contribution in [1.82, 2.24) is 14.9 Å². The minimum atomic E-state index is 0.682. The Morgan fingerprint density at radius 2 is 2.05 bits per heavy atom. The number of nitrogens with one attached hydrogen (secondary N) is 1. The second kappa shape index (κ2) is 4.51. The third-order valence-electron chi connectivity index (χ3n) is 5.25. The highest BCUT2D eigenvalue weighted by molar-refractivity contribution is 5.39. The summed E-state index contributed by atoms with van der Waals surface area (Å²) < 4.78 is 2.49. The highest BCUT2D eigenvalue weighted by Gasteiger charge is 2.39. The Hall–Kier alpha value is -1.03. The Labute approximate surface area is 115 Å². The SMILES string of the molecule is Cc1cn(C2CCCC2)c(N2CC[C@H]3CNC[C@H]32)n1. The van der Waals surface area contributed by atoms with Gasteiger partial charge in [-0.15, -0.1) is 0 Å². The second-order valence-electron chi connectivity index (χ2n) is 6.50. The van der Waals surface area contributed by atoms with Gasteiger partial charge in [0.2, 0.25) is 5.95 Å². The van der Waals surface area contributed by atoms with Gasteiger partial charge in [0, 0.05) is 37.9 Å². The van der Waals surface area contributed by atoms with Crippen LogP contribution in [0.1, 0.15) is 43.8 Å². The van der Waals surface area contributed by atoms with E-state index >= 15 is 0 Å². The lowest BCUT2D eigenvalue weighted by atomic mass is 10.1. The van der Waals surface area contributed by atoms with Crippen LogP contribution >= 0.6 is 0 Å². The molecular weight excluding hydrogens is 236 g/mol. The quantitative estimate of drug-likeness (QED) is 0.884. The van der Waals surface area contributed by atoms with Gasteiger partial charge in [-0.3, -0.25) is 0 Å². The molecule has 1 aliphatic carbocycles. The first kappa shape index (κ1) is 11.8. The molecule has 0 aromatic carbocycles. The van der Waals surface area contributed by atoms with Crippen LogP contribution in [0, 0.1) is 12.8 Å². The number of imidazole rings is 1. The molecule has 1 aromatic rings. The van der Waals surface area contributed by atoms with Crippen LogP contribution in [-0.2, 0) is 0 Å². The van der Waals surface area contributed by atoms with Crippen molar-refractivity contribution in [2.45, 2.75) is 51.1 Å². The van der Waals surface area contributed by atoms with Crippen LogP contribution in [0.4, 0.5) is 5.95 Å². The summed E-state index contributed by atoms with van der Waals surface area (Å²) in [5, 5.41) is 3.54. The van der Waals surface area contributed by atoms with E-state index < -0.39 is 0 Å². The van der Waals surface area contributed by atoms with Gasteiger partial charge in [-0.05, 0) is 32.1 Å². The Morgan fingerprint density at radius 3 is 2.89 bits per heavy atom. The van der Waals surface area contributed by atoms with Crippen molar-refractivity contribution >= 4 is 5.95 Å². The Morgan fingerprint density at radius 1 is 1.21 bits per heavy atom. The number of aryl methyl sites for hydroxylation is 1. The van der Waals surface area contributed by atoms with Crippen LogP contribution in [0.3, 0.4) is 0 Å². The van der Waals surface area contributed by atoms with Crippen LogP contribution < -0.4 is 10.2 Å². The molecule has 4 rings (SSSR count). The van der Waals surface area contributed by atoms with Crippen molar-refractivity contribution in [2.75, 3.05) is 24.5 Å². The molecule has 1 saturated carbocycles. The van der Waals surface area contributed by atoms with Crippen molar-refractivity contribution in [3.05, 3.63) is 11.9 Å². The summed E-state index contributed by atoms with van der Waals surface area (Å²) in [6.45, 7) is 5.67. The van der Waals surface area contributed by atoms with E-state index in [4.69, 9.17) is 4.98 Å². The molecule has 4 heteroatoms. The Balaban J connectivity index is 1.66. The predicted octanol–water partition coefficient (Wildman–Crippen LogP) is 2.10. The molecule has 2 aliphatic heterocycles. The zero-order chi connectivity index (χ0) is 12.8. The van der Waals surface area contributed by atoms with Gasteiger partial charge in [0.1, 0.15) is 0 Å². The molecule has 0 bridgehead atoms. The first-order valence-electron chi connectivity index (χ1n) is 7.86. The van der Waals surface area contributed by atoms with Gasteiger partial charge in [-0.2, -0.15) is 0 Å². The number of hydrogen-bond acceptors (Lipinski definition) is 3. The lowest BCUT2D eigenvalue weighted by Gasteiger charge is -2.27. The van der Waals surface area contributed by atoms with E-state index in [-0.39, 0.29) is 0 Å². The molecule has 0 unspecified atom stereocenters. The van der Waals surface area contributed by atoms with Crippen molar-refractivity contribution in [3.8, 4) is 0 Å². The molecule has 0 amide bonds. The molecule has 0 radical (unpaired) electrons. The van der Waals surface area contributed by atoms with Crippen LogP contribution in [0.25, 0.3) is 0 Å². The van der Waals surface area contributed by atoms with Crippen LogP contribution in [0.15, 0.2) is 6.20 Å². The fourth-order valence-corrected chi connectivity index (χ4v) is 4.26. The summed E-state index contributed by atoms with van der Waals surface area (Å²) in [5.74, 6) is 2.09. The number of rotatable bonds is 2. The predicted molar refractivity (Wildman–Crippen MR) is 76.6 cm³/mol. The fourth-order valence-electron chi connectivity index (χ4n) is 4.26. The van der Waals surface area contributed by atoms with E-state index in [1.54, 1.807) is 0 Å². The highest BCUT2D eigenvalue weighted by atomic mass is 15.4. The van der Waals surface area contributed by atoms with Gasteiger partial charge in [0.15, 0.2) is 0 Å². The van der Waals surface area contributed by atoms with Crippen molar-refractivity contribution < 1.29 is 0 Å². The molecule has 3 heterocycles. The highest BCUT2D eigenvalue weighted by Crippen LogP contribution is 2.37. The third kappa shape index (κ3) is 1.88. The molecule has 0 spiro atoms. The molecule has 4 nitrogen and oxygen atoms in total. The molecule has 1 aromatic heterocycles. The van der Waals surface area contributed by atoms with Crippen molar-refractivity contribution in [3.63, 3.8) is 0 Å². The number of hydrogen-bond donors (Lipinski definition) is 1. The summed E-state index contributed by atoms with van der Waals surface area (Å²) in [7, 11) is 0. The molecule has 104 valence electrons. The molecule has 19 heavy (non-hydrogen) atoms. The molecule has 2 saturated heterocycles. The normalized spacial score (nSPS) is 31.3. The number of anilines is 1. The molecule has 1 N–H and O–H groups in total. The van der Waals surface area contributed by atoms with Gasteiger partial charge in [0.25, 0.3) is 0 Å². The Kier molecular flexibility index (Phi) is 2.79. The second-order valence-corrected chi connectivity index (χ2v) is 6.50. The molecule has 3 fully saturated rings. The largest absolute Gasteiger partial charge is 0.338 e. The zero-order valence-corrected chi connectivity index (χ0v) is 11.8. The van der Waals surface area contributed by atoms with Gasteiger partial charge in [-0.25, -0.2) is 4.98 Å². The fraction of sp³-hybridized carbons (Fsp3) is 0.800. The number of aromatic nitrogens is 2. The van der Waals surface area contributed by atoms with E-state index in [2.05, 4.69) is 27.9 Å². The van der Waals surface area contributed by atoms with Crippen molar-refractivity contribution in [1.29, 1.82) is 0 Å². The lowest BCUT2D eigenvalue weighted by molar-refractivity contribution is 0.505. The summed E-state index contributed by atoms with van der Waals surface area (Å²) in [5.41, 5.74) is 1.18. The minimum Gasteiger partial charge on any atom is -0.338 e. The number of fused-ring (bicyclic) bond motifs is 1. The Bertz CT molecular complexity index is 461. The number of nitrogens with zero attached hydrogens (tertiary/aromatic N) is 3. The third-order valence-corrected chi connectivity index (χ3v) is 5.25. The van der Waals surface area contributed by atoms with Gasteiger partial charge in [-0.1, -0.05) is 12.8 Å². The van der Waals surface area contributed by atoms with Gasteiger partial charge >= 0.3 is 0 Å². The summed E-state index contributed by atoms with van der Waals surface area (Å²) in [4.78, 5) is 7.44. The van der Waals surface area contributed by atoms with Crippen LogP contribution in [0.5, 0.6) is 0 Å². The standard InChI is InChI=1S/C15H24N4/c1-11-10-19(13-4-2-3-5-13)15(17-11)18-7-6-12-8-16-9-14(12)18/h10,12-14,16H,2-9H2,1H3/t12-,14+/m0/s1. The summed E-state index contributed by atoms with van der Waals surface area (Å²) in [6, 6.07) is 1.38. The van der Waals surface area contributed by atoms with E-state index in [0.29, 0.717) is 12.1 Å². The first-order chi connectivity index (χ1) is 9.33. The van der Waals surface area contributed by atoms with E-state index in [9.17, 15) is 0 Å². The zero-order valence-electron chi connectivity index (χ0n) is 11.8. The summed E-state index contributed by atoms with van der Waals surface area (Å²) in [6.07, 6.45) is 9.05. The molecule has 2 atom stereocenters. The smallest absolute Gasteiger partial charge is 0.206 e. The maximum absolute atomic E-state index is 4.86. The van der Waals surface area contributed by atoms with E-state index in [0.717, 1.165) is 12.5 Å². The topological polar surface area (TPSA) is 33.1 Å². The van der Waals surface area contributed by atoms with Crippen LogP contribution in [0.2, 0.25) is 0 Å². The first-order valence-corrected chi connectivity index (χ1v) is 7.86. The summed E-state index contributed by atoms with van der Waals surface area (Å²) >= 11 is 0. The van der Waals surface area contributed by atoms with Gasteiger partial charge in [0.05, 0.1) is 5.69 Å². The lowest BCUT2D eigenvalue weighted by Crippen LogP contribution is -2.36. The molecule has 3 aliphatic rings. The average molecular weight is 260 g/mol. The van der Waals surface area contributed by atoms with E-state index in [1.165, 1.54) is 56.8 Å². The van der Waals surface area contributed by atoms with Gasteiger partial charge < -0.3 is 14.8 Å². The minimum absolute atomic E-state index is 0.682. The maximum atomic E-state index is 4.86. The molecular formula is C15H24N4. The van der Waals surface area contributed by atoms with Crippen molar-refractivity contribution in [2.24, 2.45) is 5.92 Å². The maximum Gasteiger partial charge on any atom is 0.206 e. The average Bonchev–Trinajstić information content (AvgIpc) is 3.12.